The molecule has 0 spiro atoms. The molecule has 0 amide bonds. The Balaban J connectivity index is 2.22. The van der Waals surface area contributed by atoms with Crippen LogP contribution in [-0.2, 0) is 9.84 Å². The molecule has 118 valence electrons. The monoisotopic (exact) mass is 309 g/mol. The zero-order chi connectivity index (χ0) is 15.5. The van der Waals surface area contributed by atoms with Gasteiger partial charge in [-0.1, -0.05) is 39.3 Å². The number of hydrogen-bond acceptors (Lipinski definition) is 3. The van der Waals surface area contributed by atoms with Gasteiger partial charge in [-0.25, -0.2) is 8.42 Å². The molecule has 1 aliphatic rings. The highest BCUT2D eigenvalue weighted by Gasteiger charge is 2.32. The van der Waals surface area contributed by atoms with E-state index in [1.54, 1.807) is 12.1 Å². The summed E-state index contributed by atoms with van der Waals surface area (Å²) >= 11 is 0. The van der Waals surface area contributed by atoms with E-state index in [0.29, 0.717) is 23.3 Å². The van der Waals surface area contributed by atoms with E-state index < -0.39 is 9.84 Å². The molecule has 3 nitrogen and oxygen atoms in total. The van der Waals surface area contributed by atoms with Gasteiger partial charge < -0.3 is 5.32 Å². The normalized spacial score (nSPS) is 26.0. The van der Waals surface area contributed by atoms with Crippen LogP contribution in [0.1, 0.15) is 46.5 Å². The minimum atomic E-state index is -3.18. The van der Waals surface area contributed by atoms with Crippen LogP contribution in [0.4, 0.5) is 5.69 Å². The SMILES string of the molecule is CCCS(=O)(=O)c1ccccc1NC1CCC(CC)C1C. The Kier molecular flexibility index (Phi) is 5.31. The summed E-state index contributed by atoms with van der Waals surface area (Å²) in [4.78, 5) is 0.457. The van der Waals surface area contributed by atoms with Gasteiger partial charge in [0.15, 0.2) is 9.84 Å². The van der Waals surface area contributed by atoms with Crippen LogP contribution >= 0.6 is 0 Å². The van der Waals surface area contributed by atoms with Gasteiger partial charge in [-0.05, 0) is 43.2 Å². The van der Waals surface area contributed by atoms with Crippen molar-refractivity contribution in [1.29, 1.82) is 0 Å². The van der Waals surface area contributed by atoms with Gasteiger partial charge in [0.25, 0.3) is 0 Å². The topological polar surface area (TPSA) is 46.2 Å². The lowest BCUT2D eigenvalue weighted by molar-refractivity contribution is 0.391. The zero-order valence-electron chi connectivity index (χ0n) is 13.3. The molecule has 1 aliphatic carbocycles. The Morgan fingerprint density at radius 2 is 1.90 bits per heavy atom. The zero-order valence-corrected chi connectivity index (χ0v) is 14.1. The molecule has 0 heterocycles. The van der Waals surface area contributed by atoms with Gasteiger partial charge in [-0.3, -0.25) is 0 Å². The van der Waals surface area contributed by atoms with Gasteiger partial charge in [-0.2, -0.15) is 0 Å². The van der Waals surface area contributed by atoms with Crippen LogP contribution in [0, 0.1) is 11.8 Å². The van der Waals surface area contributed by atoms with E-state index in [1.807, 2.05) is 19.1 Å². The molecular formula is C17H27NO2S. The Bertz CT molecular complexity index is 568. The van der Waals surface area contributed by atoms with E-state index in [-0.39, 0.29) is 5.75 Å². The van der Waals surface area contributed by atoms with Crippen molar-refractivity contribution in [3.8, 4) is 0 Å². The molecule has 2 rings (SSSR count). The summed E-state index contributed by atoms with van der Waals surface area (Å²) in [6, 6.07) is 7.72. The van der Waals surface area contributed by atoms with Gasteiger partial charge in [0.05, 0.1) is 16.3 Å². The maximum atomic E-state index is 12.4. The highest BCUT2D eigenvalue weighted by molar-refractivity contribution is 7.91. The molecule has 1 aromatic carbocycles. The molecule has 0 radical (unpaired) electrons. The number of hydrogen-bond donors (Lipinski definition) is 1. The van der Waals surface area contributed by atoms with Gasteiger partial charge in [0.1, 0.15) is 0 Å². The molecule has 0 saturated heterocycles. The number of rotatable bonds is 6. The molecule has 0 aromatic heterocycles. The van der Waals surface area contributed by atoms with Crippen molar-refractivity contribution in [2.45, 2.75) is 57.4 Å². The second-order valence-corrected chi connectivity index (χ2v) is 8.25. The third kappa shape index (κ3) is 3.60. The molecule has 0 bridgehead atoms. The molecule has 1 saturated carbocycles. The lowest BCUT2D eigenvalue weighted by Crippen LogP contribution is -2.25. The van der Waals surface area contributed by atoms with Gasteiger partial charge in [0.2, 0.25) is 0 Å². The first-order chi connectivity index (χ1) is 9.99. The molecule has 1 N–H and O–H groups in total. The largest absolute Gasteiger partial charge is 0.381 e. The predicted octanol–water partition coefficient (Wildman–Crippen LogP) is 4.11. The fourth-order valence-corrected chi connectivity index (χ4v) is 4.97. The van der Waals surface area contributed by atoms with Crippen molar-refractivity contribution in [2.75, 3.05) is 11.1 Å². The molecule has 1 aromatic rings. The van der Waals surface area contributed by atoms with Crippen LogP contribution in [0.2, 0.25) is 0 Å². The first kappa shape index (κ1) is 16.3. The van der Waals surface area contributed by atoms with Crippen LogP contribution in [0.25, 0.3) is 0 Å². The van der Waals surface area contributed by atoms with Crippen molar-refractivity contribution in [2.24, 2.45) is 11.8 Å². The standard InChI is InChI=1S/C17H27NO2S/c1-4-12-21(19,20)17-9-7-6-8-16(17)18-15-11-10-14(5-2)13(15)3/h6-9,13-15,18H,4-5,10-12H2,1-3H3. The van der Waals surface area contributed by atoms with Gasteiger partial charge in [-0.15, -0.1) is 0 Å². The number of benzene rings is 1. The van der Waals surface area contributed by atoms with Crippen molar-refractivity contribution in [3.63, 3.8) is 0 Å². The van der Waals surface area contributed by atoms with E-state index in [4.69, 9.17) is 0 Å². The average Bonchev–Trinajstić information content (AvgIpc) is 2.80. The Labute approximate surface area is 129 Å². The maximum absolute atomic E-state index is 12.4. The first-order valence-electron chi connectivity index (χ1n) is 8.08. The lowest BCUT2D eigenvalue weighted by atomic mass is 9.93. The quantitative estimate of drug-likeness (QED) is 0.860. The number of nitrogens with one attached hydrogen (secondary N) is 1. The fourth-order valence-electron chi connectivity index (χ4n) is 3.46. The summed E-state index contributed by atoms with van der Waals surface area (Å²) in [6.07, 6.45) is 4.21. The molecule has 0 aliphatic heterocycles. The highest BCUT2D eigenvalue weighted by Crippen LogP contribution is 2.36. The Morgan fingerprint density at radius 3 is 2.52 bits per heavy atom. The molecule has 21 heavy (non-hydrogen) atoms. The molecule has 3 unspecified atom stereocenters. The van der Waals surface area contributed by atoms with Crippen molar-refractivity contribution in [3.05, 3.63) is 24.3 Å². The van der Waals surface area contributed by atoms with Gasteiger partial charge >= 0.3 is 0 Å². The summed E-state index contributed by atoms with van der Waals surface area (Å²) in [7, 11) is -3.18. The summed E-state index contributed by atoms with van der Waals surface area (Å²) < 4.78 is 24.8. The minimum absolute atomic E-state index is 0.212. The minimum Gasteiger partial charge on any atom is -0.381 e. The van der Waals surface area contributed by atoms with Crippen molar-refractivity contribution >= 4 is 15.5 Å². The summed E-state index contributed by atoms with van der Waals surface area (Å²) in [6.45, 7) is 6.42. The summed E-state index contributed by atoms with van der Waals surface area (Å²) in [5.74, 6) is 1.56. The average molecular weight is 309 g/mol. The maximum Gasteiger partial charge on any atom is 0.180 e. The molecular weight excluding hydrogens is 282 g/mol. The predicted molar refractivity (Wildman–Crippen MR) is 88.4 cm³/mol. The van der Waals surface area contributed by atoms with Crippen LogP contribution in [0.3, 0.4) is 0 Å². The van der Waals surface area contributed by atoms with Crippen LogP contribution in [0.5, 0.6) is 0 Å². The molecule has 1 fully saturated rings. The second kappa shape index (κ2) is 6.82. The first-order valence-corrected chi connectivity index (χ1v) is 9.73. The van der Waals surface area contributed by atoms with E-state index in [9.17, 15) is 8.42 Å². The van der Waals surface area contributed by atoms with E-state index in [0.717, 1.165) is 18.0 Å². The van der Waals surface area contributed by atoms with Crippen LogP contribution in [0.15, 0.2) is 29.2 Å². The third-order valence-electron chi connectivity index (χ3n) is 4.79. The third-order valence-corrected chi connectivity index (χ3v) is 6.76. The number of sulfone groups is 1. The number of para-hydroxylation sites is 1. The molecule has 4 heteroatoms. The number of anilines is 1. The Morgan fingerprint density at radius 1 is 1.19 bits per heavy atom. The van der Waals surface area contributed by atoms with E-state index in [1.165, 1.54) is 12.8 Å². The summed E-state index contributed by atoms with van der Waals surface area (Å²) in [5.41, 5.74) is 0.777. The van der Waals surface area contributed by atoms with Crippen molar-refractivity contribution in [1.82, 2.24) is 0 Å². The second-order valence-electron chi connectivity index (χ2n) is 6.17. The van der Waals surface area contributed by atoms with Gasteiger partial charge in [0, 0.05) is 6.04 Å². The highest BCUT2D eigenvalue weighted by atomic mass is 32.2. The van der Waals surface area contributed by atoms with E-state index in [2.05, 4.69) is 19.2 Å². The van der Waals surface area contributed by atoms with Crippen LogP contribution in [-0.4, -0.2) is 20.2 Å². The Hall–Kier alpha value is -1.03. The van der Waals surface area contributed by atoms with Crippen molar-refractivity contribution < 1.29 is 8.42 Å². The fraction of sp³-hybridized carbons (Fsp3) is 0.647. The molecule has 3 atom stereocenters. The van der Waals surface area contributed by atoms with Crippen LogP contribution < -0.4 is 5.32 Å². The van der Waals surface area contributed by atoms with E-state index >= 15 is 0 Å². The smallest absolute Gasteiger partial charge is 0.180 e. The lowest BCUT2D eigenvalue weighted by Gasteiger charge is -2.23. The summed E-state index contributed by atoms with van der Waals surface area (Å²) in [5, 5.41) is 3.51.